The summed E-state index contributed by atoms with van der Waals surface area (Å²) in [6.45, 7) is 2.29. The topological polar surface area (TPSA) is 67.4 Å². The Kier molecular flexibility index (Phi) is 6.21. The zero-order chi connectivity index (χ0) is 19.2. The van der Waals surface area contributed by atoms with Gasteiger partial charge in [-0.25, -0.2) is 19.2 Å². The van der Waals surface area contributed by atoms with Gasteiger partial charge in [0.1, 0.15) is 5.69 Å². The summed E-state index contributed by atoms with van der Waals surface area (Å²) in [5.41, 5.74) is 1.43. The molecule has 0 radical (unpaired) electrons. The van der Waals surface area contributed by atoms with Crippen molar-refractivity contribution in [2.45, 2.75) is 45.1 Å². The largest absolute Gasteiger partial charge is 0.452 e. The van der Waals surface area contributed by atoms with Crippen molar-refractivity contribution in [1.82, 2.24) is 9.97 Å². The Hall–Kier alpha value is -2.70. The molecule has 1 aromatic heterocycles. The fourth-order valence-corrected chi connectivity index (χ4v) is 3.42. The summed E-state index contributed by atoms with van der Waals surface area (Å²) in [5.74, 6) is -0.0634. The van der Waals surface area contributed by atoms with Gasteiger partial charge in [0.25, 0.3) is 0 Å². The zero-order valence-electron chi connectivity index (χ0n) is 15.7. The fourth-order valence-electron chi connectivity index (χ4n) is 3.42. The molecule has 1 fully saturated rings. The van der Waals surface area contributed by atoms with Gasteiger partial charge in [-0.15, -0.1) is 0 Å². The van der Waals surface area contributed by atoms with Crippen LogP contribution in [0.25, 0.3) is 11.3 Å². The van der Waals surface area contributed by atoms with Crippen molar-refractivity contribution < 1.29 is 13.9 Å². The van der Waals surface area contributed by atoms with Crippen molar-refractivity contribution in [3.8, 4) is 11.3 Å². The van der Waals surface area contributed by atoms with Gasteiger partial charge in [0.15, 0.2) is 5.82 Å². The van der Waals surface area contributed by atoms with Crippen LogP contribution in [0.4, 0.5) is 20.8 Å². The van der Waals surface area contributed by atoms with Crippen molar-refractivity contribution in [2.24, 2.45) is 0 Å². The predicted molar refractivity (Wildman–Crippen MR) is 103 cm³/mol. The summed E-state index contributed by atoms with van der Waals surface area (Å²) in [7, 11) is 1.34. The number of carbonyl (C=O) groups is 1. The van der Waals surface area contributed by atoms with Gasteiger partial charge in [0.2, 0.25) is 5.95 Å². The second kappa shape index (κ2) is 8.79. The summed E-state index contributed by atoms with van der Waals surface area (Å²) in [6, 6.07) is 7.38. The van der Waals surface area contributed by atoms with Crippen LogP contribution >= 0.6 is 0 Å². The molecule has 0 aliphatic heterocycles. The first-order valence-corrected chi connectivity index (χ1v) is 9.37. The molecule has 1 saturated carbocycles. The molecule has 144 valence electrons. The second-order valence-corrected chi connectivity index (χ2v) is 6.63. The maximum atomic E-state index is 14.4. The quantitative estimate of drug-likeness (QED) is 0.829. The minimum Gasteiger partial charge on any atom is -0.452 e. The second-order valence-electron chi connectivity index (χ2n) is 6.63. The highest BCUT2D eigenvalue weighted by molar-refractivity contribution is 5.88. The molecule has 0 spiro atoms. The molecule has 1 N–H and O–H groups in total. The van der Waals surface area contributed by atoms with Crippen molar-refractivity contribution in [3.05, 3.63) is 36.3 Å². The molecular formula is C20H25FN4O2. The van der Waals surface area contributed by atoms with Gasteiger partial charge >= 0.3 is 6.09 Å². The highest BCUT2D eigenvalue weighted by atomic mass is 19.1. The normalized spacial score (nSPS) is 14.6. The first kappa shape index (κ1) is 19.1. The maximum Gasteiger partial charge on any atom is 0.413 e. The zero-order valence-corrected chi connectivity index (χ0v) is 15.7. The average molecular weight is 372 g/mol. The molecule has 0 atom stereocenters. The Balaban J connectivity index is 1.88. The number of nitrogens with one attached hydrogen (secondary N) is 1. The summed E-state index contributed by atoms with van der Waals surface area (Å²) >= 11 is 0. The van der Waals surface area contributed by atoms with E-state index in [9.17, 15) is 9.18 Å². The molecule has 2 aromatic rings. The van der Waals surface area contributed by atoms with Crippen molar-refractivity contribution in [2.75, 3.05) is 23.9 Å². The van der Waals surface area contributed by atoms with E-state index in [-0.39, 0.29) is 5.69 Å². The van der Waals surface area contributed by atoms with E-state index in [0.717, 1.165) is 12.8 Å². The van der Waals surface area contributed by atoms with E-state index in [2.05, 4.69) is 15.3 Å². The molecular weight excluding hydrogens is 347 g/mol. The number of nitrogens with zero attached hydrogens (tertiary/aromatic N) is 3. The average Bonchev–Trinajstić information content (AvgIpc) is 2.71. The molecule has 1 heterocycles. The Morgan fingerprint density at radius 1 is 1.33 bits per heavy atom. The van der Waals surface area contributed by atoms with Crippen molar-refractivity contribution >= 4 is 17.7 Å². The summed E-state index contributed by atoms with van der Waals surface area (Å²) in [4.78, 5) is 21.9. The lowest BCUT2D eigenvalue weighted by atomic mass is 9.96. The number of aromatic nitrogens is 2. The number of hydrogen-bond donors (Lipinski definition) is 1. The summed E-state index contributed by atoms with van der Waals surface area (Å²) in [5, 5.41) is 3.32. The van der Waals surface area contributed by atoms with Gasteiger partial charge in [-0.05, 0) is 31.9 Å². The molecule has 1 aliphatic rings. The van der Waals surface area contributed by atoms with Crippen LogP contribution in [-0.2, 0) is 4.74 Å². The maximum absolute atomic E-state index is 14.4. The number of ether oxygens (including phenoxy) is 1. The third-order valence-electron chi connectivity index (χ3n) is 4.83. The Morgan fingerprint density at radius 3 is 2.81 bits per heavy atom. The Bertz CT molecular complexity index is 793. The fraction of sp³-hybridized carbons (Fsp3) is 0.450. The number of anilines is 2. The molecule has 3 rings (SSSR count). The van der Waals surface area contributed by atoms with E-state index >= 15 is 0 Å². The molecule has 27 heavy (non-hydrogen) atoms. The van der Waals surface area contributed by atoms with Crippen LogP contribution < -0.4 is 10.2 Å². The molecule has 1 aliphatic carbocycles. The molecule has 0 bridgehead atoms. The van der Waals surface area contributed by atoms with Crippen molar-refractivity contribution in [1.29, 1.82) is 0 Å². The molecule has 1 aromatic carbocycles. The first-order chi connectivity index (χ1) is 13.1. The lowest BCUT2D eigenvalue weighted by Gasteiger charge is -2.23. The molecule has 0 unspecified atom stereocenters. The molecule has 6 nitrogen and oxygen atoms in total. The van der Waals surface area contributed by atoms with Crippen LogP contribution in [0.3, 0.4) is 0 Å². The van der Waals surface area contributed by atoms with E-state index in [0.29, 0.717) is 29.8 Å². The standard InChI is InChI=1S/C20H25FN4O2/c1-3-25(20(26)27-2)16-11-7-8-14(12-16)18-17(21)13-22-19(24-18)23-15-9-5-4-6-10-15/h7-8,11-13,15H,3-6,9-10H2,1-2H3,(H,22,23,24). The minimum absolute atomic E-state index is 0.214. The van der Waals surface area contributed by atoms with Crippen LogP contribution in [-0.4, -0.2) is 35.8 Å². The Labute approximate surface area is 158 Å². The number of amides is 1. The highest BCUT2D eigenvalue weighted by Crippen LogP contribution is 2.27. The number of carbonyl (C=O) groups excluding carboxylic acids is 1. The summed E-state index contributed by atoms with van der Waals surface area (Å²) < 4.78 is 19.2. The number of benzene rings is 1. The molecule has 1 amide bonds. The third-order valence-corrected chi connectivity index (χ3v) is 4.83. The van der Waals surface area contributed by atoms with E-state index in [4.69, 9.17) is 4.74 Å². The number of methoxy groups -OCH3 is 1. The third kappa shape index (κ3) is 4.53. The van der Waals surface area contributed by atoms with Crippen LogP contribution in [0, 0.1) is 5.82 Å². The van der Waals surface area contributed by atoms with Gasteiger partial charge in [-0.2, -0.15) is 0 Å². The van der Waals surface area contributed by atoms with Gasteiger partial charge in [0.05, 0.1) is 13.3 Å². The highest BCUT2D eigenvalue weighted by Gasteiger charge is 2.18. The van der Waals surface area contributed by atoms with Gasteiger partial charge in [-0.3, -0.25) is 4.90 Å². The van der Waals surface area contributed by atoms with E-state index in [1.807, 2.05) is 6.92 Å². The van der Waals surface area contributed by atoms with E-state index < -0.39 is 11.9 Å². The lowest BCUT2D eigenvalue weighted by molar-refractivity contribution is 0.179. The number of rotatable bonds is 5. The minimum atomic E-state index is -0.498. The molecule has 0 saturated heterocycles. The first-order valence-electron chi connectivity index (χ1n) is 9.37. The van der Waals surface area contributed by atoms with Gasteiger partial charge in [0, 0.05) is 23.8 Å². The smallest absolute Gasteiger partial charge is 0.413 e. The van der Waals surface area contributed by atoms with Crippen LogP contribution in [0.5, 0.6) is 0 Å². The van der Waals surface area contributed by atoms with E-state index in [1.54, 1.807) is 24.3 Å². The molecule has 7 heteroatoms. The van der Waals surface area contributed by atoms with Crippen LogP contribution in [0.2, 0.25) is 0 Å². The predicted octanol–water partition coefficient (Wildman–Crippen LogP) is 4.62. The lowest BCUT2D eigenvalue weighted by Crippen LogP contribution is -2.30. The van der Waals surface area contributed by atoms with Crippen molar-refractivity contribution in [3.63, 3.8) is 0 Å². The number of hydrogen-bond acceptors (Lipinski definition) is 5. The SMILES string of the molecule is CCN(C(=O)OC)c1cccc(-c2nc(NC3CCCCC3)ncc2F)c1. The van der Waals surface area contributed by atoms with Crippen LogP contribution in [0.15, 0.2) is 30.5 Å². The number of halogens is 1. The van der Waals surface area contributed by atoms with Crippen LogP contribution in [0.1, 0.15) is 39.0 Å². The van der Waals surface area contributed by atoms with Gasteiger partial charge in [-0.1, -0.05) is 31.4 Å². The summed E-state index contributed by atoms with van der Waals surface area (Å²) in [6.07, 6.45) is 6.53. The Morgan fingerprint density at radius 2 is 2.11 bits per heavy atom. The van der Waals surface area contributed by atoms with E-state index in [1.165, 1.54) is 37.5 Å². The monoisotopic (exact) mass is 372 g/mol. The van der Waals surface area contributed by atoms with Gasteiger partial charge < -0.3 is 10.1 Å².